The van der Waals surface area contributed by atoms with Crippen molar-refractivity contribution in [2.75, 3.05) is 7.05 Å². The molecule has 0 aromatic carbocycles. The van der Waals surface area contributed by atoms with E-state index in [0.717, 1.165) is 4.31 Å². The fourth-order valence-electron chi connectivity index (χ4n) is 2.49. The van der Waals surface area contributed by atoms with Crippen molar-refractivity contribution in [3.63, 3.8) is 0 Å². The number of carbonyl (C=O) groups excluding carboxylic acids is 1. The molecule has 9 heteroatoms. The Morgan fingerprint density at radius 1 is 1.35 bits per heavy atom. The molecule has 23 heavy (non-hydrogen) atoms. The van der Waals surface area contributed by atoms with E-state index in [0.29, 0.717) is 11.5 Å². The van der Waals surface area contributed by atoms with Crippen LogP contribution < -0.4 is 10.0 Å². The van der Waals surface area contributed by atoms with Crippen molar-refractivity contribution in [3.05, 3.63) is 48.3 Å². The quantitative estimate of drug-likeness (QED) is 0.856. The van der Waals surface area contributed by atoms with Crippen LogP contribution in [0.15, 0.2) is 45.6 Å². The molecule has 2 N–H and O–H groups in total. The Balaban J connectivity index is 1.74. The van der Waals surface area contributed by atoms with E-state index in [4.69, 9.17) is 8.83 Å². The third kappa shape index (κ3) is 3.31. The van der Waals surface area contributed by atoms with Crippen molar-refractivity contribution < 1.29 is 22.0 Å². The van der Waals surface area contributed by atoms with E-state index in [9.17, 15) is 13.2 Å². The molecule has 0 saturated carbocycles. The lowest BCUT2D eigenvalue weighted by atomic mass is 10.0. The van der Waals surface area contributed by atoms with E-state index < -0.39 is 22.3 Å². The molecule has 124 valence electrons. The number of carbonyl (C=O) groups is 1. The van der Waals surface area contributed by atoms with Gasteiger partial charge < -0.3 is 14.2 Å². The zero-order valence-corrected chi connectivity index (χ0v) is 13.2. The summed E-state index contributed by atoms with van der Waals surface area (Å²) in [4.78, 5) is 12.4. The predicted molar refractivity (Wildman–Crippen MR) is 80.2 cm³/mol. The van der Waals surface area contributed by atoms with Gasteiger partial charge in [0.05, 0.1) is 25.1 Å². The molecule has 8 nitrogen and oxygen atoms in total. The van der Waals surface area contributed by atoms with Gasteiger partial charge in [-0.1, -0.05) is 0 Å². The van der Waals surface area contributed by atoms with Crippen molar-refractivity contribution in [2.45, 2.75) is 25.0 Å². The molecule has 0 unspecified atom stereocenters. The SMILES string of the molecule is CN1[C@@H](C(=O)NCc2ccco2)C[C@@H](c2ccco2)NS1(=O)=O. The molecule has 1 aliphatic heterocycles. The first-order valence-electron chi connectivity index (χ1n) is 7.06. The number of nitrogens with zero attached hydrogens (tertiary/aromatic N) is 1. The van der Waals surface area contributed by atoms with Gasteiger partial charge in [0.1, 0.15) is 17.6 Å². The minimum atomic E-state index is -3.76. The first kappa shape index (κ1) is 15.8. The maximum atomic E-state index is 12.4. The zero-order valence-electron chi connectivity index (χ0n) is 12.4. The molecule has 0 radical (unpaired) electrons. The lowest BCUT2D eigenvalue weighted by Gasteiger charge is -2.35. The highest BCUT2D eigenvalue weighted by molar-refractivity contribution is 7.87. The standard InChI is InChI=1S/C14H17N3O5S/c1-17-12(14(18)15-9-10-4-2-6-21-10)8-11(16-23(17,19)20)13-5-3-7-22-13/h2-7,11-12,16H,8-9H2,1H3,(H,15,18)/t11-,12+/m0/s1. The highest BCUT2D eigenvalue weighted by Crippen LogP contribution is 2.28. The van der Waals surface area contributed by atoms with Crippen molar-refractivity contribution >= 4 is 16.1 Å². The summed E-state index contributed by atoms with van der Waals surface area (Å²) in [5.41, 5.74) is 0. The van der Waals surface area contributed by atoms with Crippen molar-refractivity contribution in [2.24, 2.45) is 0 Å². The molecular formula is C14H17N3O5S. The molecule has 1 saturated heterocycles. The molecule has 1 aliphatic rings. The van der Waals surface area contributed by atoms with Crippen LogP contribution >= 0.6 is 0 Å². The summed E-state index contributed by atoms with van der Waals surface area (Å²) in [5, 5.41) is 2.69. The number of hydrogen-bond acceptors (Lipinski definition) is 5. The van der Waals surface area contributed by atoms with Crippen LogP contribution in [-0.2, 0) is 21.5 Å². The Labute approximate surface area is 133 Å². The molecule has 3 heterocycles. The van der Waals surface area contributed by atoms with Crippen LogP contribution in [0.4, 0.5) is 0 Å². The molecule has 0 spiro atoms. The number of furan rings is 2. The Morgan fingerprint density at radius 2 is 2.09 bits per heavy atom. The second-order valence-corrected chi connectivity index (χ2v) is 7.02. The summed E-state index contributed by atoms with van der Waals surface area (Å²) >= 11 is 0. The maximum Gasteiger partial charge on any atom is 0.280 e. The van der Waals surface area contributed by atoms with Crippen LogP contribution in [0, 0.1) is 0 Å². The molecule has 1 fully saturated rings. The van der Waals surface area contributed by atoms with Crippen LogP contribution in [-0.4, -0.2) is 31.7 Å². The topological polar surface area (TPSA) is 105 Å². The van der Waals surface area contributed by atoms with Gasteiger partial charge in [-0.25, -0.2) is 0 Å². The van der Waals surface area contributed by atoms with Gasteiger partial charge in [-0.05, 0) is 30.7 Å². The van der Waals surface area contributed by atoms with Gasteiger partial charge in [-0.15, -0.1) is 0 Å². The maximum absolute atomic E-state index is 12.4. The van der Waals surface area contributed by atoms with E-state index in [1.54, 1.807) is 24.3 Å². The molecule has 2 aromatic heterocycles. The largest absolute Gasteiger partial charge is 0.468 e. The molecule has 0 aliphatic carbocycles. The van der Waals surface area contributed by atoms with Crippen molar-refractivity contribution in [3.8, 4) is 0 Å². The van der Waals surface area contributed by atoms with Gasteiger partial charge in [0, 0.05) is 7.05 Å². The van der Waals surface area contributed by atoms with Crippen LogP contribution in [0.3, 0.4) is 0 Å². The number of amides is 1. The van der Waals surface area contributed by atoms with Gasteiger partial charge in [0.15, 0.2) is 0 Å². The first-order chi connectivity index (χ1) is 11.0. The summed E-state index contributed by atoms with van der Waals surface area (Å²) in [6.45, 7) is 0.203. The predicted octanol–water partition coefficient (Wildman–Crippen LogP) is 0.769. The van der Waals surface area contributed by atoms with Crippen LogP contribution in [0.25, 0.3) is 0 Å². The Morgan fingerprint density at radius 3 is 2.74 bits per heavy atom. The highest BCUT2D eigenvalue weighted by Gasteiger charge is 2.41. The summed E-state index contributed by atoms with van der Waals surface area (Å²) in [5.74, 6) is 0.691. The van der Waals surface area contributed by atoms with E-state index in [-0.39, 0.29) is 18.9 Å². The summed E-state index contributed by atoms with van der Waals surface area (Å²) in [6.07, 6.45) is 3.25. The number of nitrogens with one attached hydrogen (secondary N) is 2. The van der Waals surface area contributed by atoms with Crippen molar-refractivity contribution in [1.82, 2.24) is 14.3 Å². The van der Waals surface area contributed by atoms with Gasteiger partial charge in [0.2, 0.25) is 5.91 Å². The van der Waals surface area contributed by atoms with Gasteiger partial charge in [-0.3, -0.25) is 4.79 Å². The third-order valence-corrected chi connectivity index (χ3v) is 5.37. The summed E-state index contributed by atoms with van der Waals surface area (Å²) in [6, 6.07) is 5.39. The third-order valence-electron chi connectivity index (χ3n) is 3.77. The summed E-state index contributed by atoms with van der Waals surface area (Å²) < 4.78 is 38.4. The minimum absolute atomic E-state index is 0.203. The van der Waals surface area contributed by atoms with Gasteiger partial charge in [0.25, 0.3) is 10.2 Å². The number of hydrogen-bond donors (Lipinski definition) is 2. The zero-order chi connectivity index (χ0) is 16.4. The lowest BCUT2D eigenvalue weighted by molar-refractivity contribution is -0.125. The van der Waals surface area contributed by atoms with Crippen LogP contribution in [0.1, 0.15) is 24.0 Å². The van der Waals surface area contributed by atoms with Gasteiger partial charge in [-0.2, -0.15) is 17.4 Å². The first-order valence-corrected chi connectivity index (χ1v) is 8.50. The smallest absolute Gasteiger partial charge is 0.280 e. The van der Waals surface area contributed by atoms with Crippen molar-refractivity contribution in [1.29, 1.82) is 0 Å². The second kappa shape index (κ2) is 6.19. The van der Waals surface area contributed by atoms with Crippen LogP contribution in [0.2, 0.25) is 0 Å². The Hall–Kier alpha value is -2.10. The Bertz CT molecular complexity index is 754. The second-order valence-electron chi connectivity index (χ2n) is 5.26. The Kier molecular flexibility index (Phi) is 4.24. The highest BCUT2D eigenvalue weighted by atomic mass is 32.2. The molecule has 2 aromatic rings. The minimum Gasteiger partial charge on any atom is -0.468 e. The normalized spacial score (nSPS) is 24.4. The average Bonchev–Trinajstić information content (AvgIpc) is 3.20. The monoisotopic (exact) mass is 339 g/mol. The molecular weight excluding hydrogens is 322 g/mol. The van der Waals surface area contributed by atoms with Gasteiger partial charge >= 0.3 is 0 Å². The molecule has 1 amide bonds. The number of rotatable bonds is 4. The number of likely N-dealkylation sites (N-methyl/N-ethyl adjacent to an activating group) is 1. The van der Waals surface area contributed by atoms with E-state index in [1.165, 1.54) is 19.6 Å². The molecule has 0 bridgehead atoms. The average molecular weight is 339 g/mol. The van der Waals surface area contributed by atoms with E-state index in [2.05, 4.69) is 10.0 Å². The fourth-order valence-corrected chi connectivity index (χ4v) is 3.75. The lowest BCUT2D eigenvalue weighted by Crippen LogP contribution is -2.57. The molecule has 2 atom stereocenters. The van der Waals surface area contributed by atoms with Crippen LogP contribution in [0.5, 0.6) is 0 Å². The van der Waals surface area contributed by atoms with E-state index in [1.807, 2.05) is 0 Å². The molecule has 3 rings (SSSR count). The summed E-state index contributed by atoms with van der Waals surface area (Å²) in [7, 11) is -2.39. The van der Waals surface area contributed by atoms with E-state index >= 15 is 0 Å². The fraction of sp³-hybridized carbons (Fsp3) is 0.357.